The number of aromatic nitrogens is 2. The van der Waals surface area contributed by atoms with E-state index in [-0.39, 0.29) is 11.9 Å². The van der Waals surface area contributed by atoms with Crippen molar-refractivity contribution in [1.29, 1.82) is 0 Å². The van der Waals surface area contributed by atoms with Gasteiger partial charge in [-0.25, -0.2) is 4.98 Å². The van der Waals surface area contributed by atoms with Crippen molar-refractivity contribution in [2.45, 2.75) is 46.1 Å². The zero-order valence-electron chi connectivity index (χ0n) is 11.7. The van der Waals surface area contributed by atoms with Crippen LogP contribution in [0.4, 0.5) is 0 Å². The molecule has 0 bridgehead atoms. The summed E-state index contributed by atoms with van der Waals surface area (Å²) in [5, 5.41) is 5.02. The molecule has 0 fully saturated rings. The monoisotopic (exact) mass is 279 g/mol. The summed E-state index contributed by atoms with van der Waals surface area (Å²) in [5.41, 5.74) is 0.834. The summed E-state index contributed by atoms with van der Waals surface area (Å²) in [4.78, 5) is 17.3. The summed E-state index contributed by atoms with van der Waals surface area (Å²) in [5.74, 6) is 0.737. The van der Waals surface area contributed by atoms with E-state index >= 15 is 0 Å². The number of nitrogens with one attached hydrogen (secondary N) is 1. The van der Waals surface area contributed by atoms with Gasteiger partial charge in [-0.3, -0.25) is 9.20 Å². The van der Waals surface area contributed by atoms with Gasteiger partial charge in [0.05, 0.1) is 12.1 Å². The van der Waals surface area contributed by atoms with E-state index in [1.54, 1.807) is 11.3 Å². The molecule has 2 rings (SSSR count). The van der Waals surface area contributed by atoms with Crippen molar-refractivity contribution >= 4 is 22.2 Å². The van der Waals surface area contributed by atoms with Gasteiger partial charge in [-0.2, -0.15) is 0 Å². The summed E-state index contributed by atoms with van der Waals surface area (Å²) in [6.07, 6.45) is 6.41. The van der Waals surface area contributed by atoms with Crippen LogP contribution in [-0.4, -0.2) is 21.3 Å². The van der Waals surface area contributed by atoms with Crippen LogP contribution >= 0.6 is 11.3 Å². The van der Waals surface area contributed by atoms with Gasteiger partial charge in [-0.05, 0) is 25.7 Å². The summed E-state index contributed by atoms with van der Waals surface area (Å²) >= 11 is 1.58. The molecule has 5 heteroatoms. The Morgan fingerprint density at radius 2 is 2.21 bits per heavy atom. The molecule has 19 heavy (non-hydrogen) atoms. The van der Waals surface area contributed by atoms with Crippen LogP contribution in [-0.2, 0) is 11.2 Å². The SMILES string of the molecule is CC(C)CCC(C)NC(=O)Cc1cn2ccsc2n1. The standard InChI is InChI=1S/C14H21N3OS/c1-10(2)4-5-11(3)15-13(18)8-12-9-17-6-7-19-14(17)16-12/h6-7,9-11H,4-5,8H2,1-3H3,(H,15,18). The van der Waals surface area contributed by atoms with Crippen molar-refractivity contribution < 1.29 is 4.79 Å². The molecular formula is C14H21N3OS. The van der Waals surface area contributed by atoms with E-state index in [2.05, 4.69) is 31.1 Å². The molecule has 4 nitrogen and oxygen atoms in total. The molecule has 1 atom stereocenters. The Hall–Kier alpha value is -1.36. The van der Waals surface area contributed by atoms with E-state index in [1.165, 1.54) is 0 Å². The van der Waals surface area contributed by atoms with Gasteiger partial charge in [0, 0.05) is 23.8 Å². The lowest BCUT2D eigenvalue weighted by molar-refractivity contribution is -0.121. The fourth-order valence-electron chi connectivity index (χ4n) is 2.01. The minimum Gasteiger partial charge on any atom is -0.353 e. The Labute approximate surface area is 117 Å². The maximum Gasteiger partial charge on any atom is 0.226 e. The topological polar surface area (TPSA) is 46.4 Å². The molecule has 104 valence electrons. The zero-order chi connectivity index (χ0) is 13.8. The highest BCUT2D eigenvalue weighted by Crippen LogP contribution is 2.12. The van der Waals surface area contributed by atoms with E-state index in [0.717, 1.165) is 23.5 Å². The lowest BCUT2D eigenvalue weighted by atomic mass is 10.0. The van der Waals surface area contributed by atoms with Crippen LogP contribution < -0.4 is 5.32 Å². The second-order valence-electron chi connectivity index (χ2n) is 5.44. The van der Waals surface area contributed by atoms with E-state index in [4.69, 9.17) is 0 Å². The van der Waals surface area contributed by atoms with Gasteiger partial charge in [0.15, 0.2) is 4.96 Å². The van der Waals surface area contributed by atoms with Gasteiger partial charge >= 0.3 is 0 Å². The number of fused-ring (bicyclic) bond motifs is 1. The first kappa shape index (κ1) is 14.1. The van der Waals surface area contributed by atoms with Crippen LogP contribution in [0.3, 0.4) is 0 Å². The second kappa shape index (κ2) is 6.19. The lowest BCUT2D eigenvalue weighted by Gasteiger charge is -2.14. The lowest BCUT2D eigenvalue weighted by Crippen LogP contribution is -2.33. The minimum absolute atomic E-state index is 0.0574. The van der Waals surface area contributed by atoms with Crippen LogP contribution in [0.15, 0.2) is 17.8 Å². The quantitative estimate of drug-likeness (QED) is 0.883. The maximum absolute atomic E-state index is 11.9. The Morgan fingerprint density at radius 1 is 1.42 bits per heavy atom. The molecule has 1 unspecified atom stereocenters. The number of nitrogens with zero attached hydrogens (tertiary/aromatic N) is 2. The maximum atomic E-state index is 11.9. The first-order chi connectivity index (χ1) is 9.04. The Balaban J connectivity index is 1.82. The number of amides is 1. The highest BCUT2D eigenvalue weighted by Gasteiger charge is 2.11. The molecule has 0 spiro atoms. The molecular weight excluding hydrogens is 258 g/mol. The molecule has 0 saturated heterocycles. The van der Waals surface area contributed by atoms with E-state index < -0.39 is 0 Å². The number of hydrogen-bond acceptors (Lipinski definition) is 3. The molecule has 0 aliphatic heterocycles. The molecule has 2 aromatic heterocycles. The Bertz CT molecular complexity index is 515. The van der Waals surface area contributed by atoms with Gasteiger partial charge < -0.3 is 5.32 Å². The molecule has 1 amide bonds. The van der Waals surface area contributed by atoms with Crippen molar-refractivity contribution in [3.63, 3.8) is 0 Å². The van der Waals surface area contributed by atoms with Crippen molar-refractivity contribution in [2.24, 2.45) is 5.92 Å². The first-order valence-corrected chi connectivity index (χ1v) is 7.63. The van der Waals surface area contributed by atoms with Gasteiger partial charge in [0.25, 0.3) is 0 Å². The summed E-state index contributed by atoms with van der Waals surface area (Å²) in [6, 6.07) is 0.235. The second-order valence-corrected chi connectivity index (χ2v) is 6.31. The number of rotatable bonds is 6. The number of thiazole rings is 1. The summed E-state index contributed by atoms with van der Waals surface area (Å²) < 4.78 is 1.95. The first-order valence-electron chi connectivity index (χ1n) is 6.75. The van der Waals surface area contributed by atoms with Gasteiger partial charge in [0.1, 0.15) is 0 Å². The Morgan fingerprint density at radius 3 is 2.89 bits per heavy atom. The van der Waals surface area contributed by atoms with Crippen LogP contribution in [0.2, 0.25) is 0 Å². The fourth-order valence-corrected chi connectivity index (χ4v) is 2.73. The Kier molecular flexibility index (Phi) is 4.58. The van der Waals surface area contributed by atoms with Crippen molar-refractivity contribution in [3.8, 4) is 0 Å². The molecule has 0 saturated carbocycles. The van der Waals surface area contributed by atoms with Crippen LogP contribution in [0.1, 0.15) is 39.3 Å². The molecule has 1 N–H and O–H groups in total. The highest BCUT2D eigenvalue weighted by atomic mass is 32.1. The number of carbonyl (C=O) groups excluding carboxylic acids is 1. The number of carbonyl (C=O) groups is 1. The summed E-state index contributed by atoms with van der Waals surface area (Å²) in [6.45, 7) is 6.46. The third-order valence-electron chi connectivity index (χ3n) is 3.07. The average Bonchev–Trinajstić information content (AvgIpc) is 2.86. The number of hydrogen-bond donors (Lipinski definition) is 1. The smallest absolute Gasteiger partial charge is 0.226 e. The largest absolute Gasteiger partial charge is 0.353 e. The van der Waals surface area contributed by atoms with Gasteiger partial charge in [-0.15, -0.1) is 11.3 Å². The molecule has 0 radical (unpaired) electrons. The van der Waals surface area contributed by atoms with Crippen LogP contribution in [0, 0.1) is 5.92 Å². The highest BCUT2D eigenvalue weighted by molar-refractivity contribution is 7.15. The zero-order valence-corrected chi connectivity index (χ0v) is 12.5. The van der Waals surface area contributed by atoms with Crippen molar-refractivity contribution in [2.75, 3.05) is 0 Å². The molecule has 0 aromatic carbocycles. The molecule has 0 aliphatic rings. The third-order valence-corrected chi connectivity index (χ3v) is 3.84. The van der Waals surface area contributed by atoms with E-state index in [0.29, 0.717) is 12.3 Å². The van der Waals surface area contributed by atoms with E-state index in [9.17, 15) is 4.79 Å². The van der Waals surface area contributed by atoms with Crippen molar-refractivity contribution in [1.82, 2.24) is 14.7 Å². The molecule has 2 aromatic rings. The molecule has 2 heterocycles. The van der Waals surface area contributed by atoms with Gasteiger partial charge in [0.2, 0.25) is 5.91 Å². The van der Waals surface area contributed by atoms with Gasteiger partial charge in [-0.1, -0.05) is 13.8 Å². The molecule has 0 aliphatic carbocycles. The van der Waals surface area contributed by atoms with E-state index in [1.807, 2.05) is 22.2 Å². The van der Waals surface area contributed by atoms with Crippen molar-refractivity contribution in [3.05, 3.63) is 23.5 Å². The number of imidazole rings is 1. The predicted molar refractivity (Wildman–Crippen MR) is 78.4 cm³/mol. The average molecular weight is 279 g/mol. The van der Waals surface area contributed by atoms with Crippen LogP contribution in [0.25, 0.3) is 4.96 Å². The normalized spacial score (nSPS) is 13.1. The third kappa shape index (κ3) is 4.06. The van der Waals surface area contributed by atoms with Crippen LogP contribution in [0.5, 0.6) is 0 Å². The minimum atomic E-state index is 0.0574. The fraction of sp³-hybridized carbons (Fsp3) is 0.571. The predicted octanol–water partition coefficient (Wildman–Crippen LogP) is 2.88. The summed E-state index contributed by atoms with van der Waals surface area (Å²) in [7, 11) is 0.